The first-order valence-electron chi connectivity index (χ1n) is 24.8. The van der Waals surface area contributed by atoms with E-state index in [1.807, 2.05) is 43.3 Å². The Balaban J connectivity index is 0.707. The van der Waals surface area contributed by atoms with Gasteiger partial charge in [-0.15, -0.1) is 0 Å². The molecule has 2 saturated heterocycles. The molecule has 19 heteroatoms. The lowest BCUT2D eigenvalue weighted by molar-refractivity contribution is -0.137. The minimum absolute atomic E-state index is 0.117. The fourth-order valence-corrected chi connectivity index (χ4v) is 8.85. The van der Waals surface area contributed by atoms with E-state index in [-0.39, 0.29) is 73.8 Å². The summed E-state index contributed by atoms with van der Waals surface area (Å²) in [5, 5.41) is 35.7. The molecule has 0 spiro atoms. The lowest BCUT2D eigenvalue weighted by atomic mass is 9.86. The lowest BCUT2D eigenvalue weighted by Crippen LogP contribution is -2.58. The van der Waals surface area contributed by atoms with Crippen LogP contribution in [0.3, 0.4) is 0 Å². The molecule has 3 aliphatic heterocycles. The van der Waals surface area contributed by atoms with Crippen LogP contribution in [0.25, 0.3) is 0 Å². The largest absolute Gasteiger partial charge is 0.494 e. The molecule has 4 aromatic rings. The molecule has 3 aliphatic rings. The Morgan fingerprint density at radius 1 is 0.819 bits per heavy atom. The van der Waals surface area contributed by atoms with Gasteiger partial charge < -0.3 is 50.4 Å². The molecule has 0 saturated carbocycles. The first-order chi connectivity index (χ1) is 35.0. The molecule has 0 radical (unpaired) electrons. The van der Waals surface area contributed by atoms with Crippen molar-refractivity contribution in [3.63, 3.8) is 0 Å². The average molecular weight is 987 g/mol. The van der Waals surface area contributed by atoms with Gasteiger partial charge in [-0.05, 0) is 119 Å². The first kappa shape index (κ1) is 52.8. The molecule has 1 aromatic heterocycles. The predicted molar refractivity (Wildman–Crippen MR) is 271 cm³/mol. The predicted octanol–water partition coefficient (Wildman–Crippen LogP) is 5.48. The third-order valence-electron chi connectivity index (χ3n) is 12.9. The molecule has 72 heavy (non-hydrogen) atoms. The van der Waals surface area contributed by atoms with Crippen LogP contribution in [0.2, 0.25) is 0 Å². The highest BCUT2D eigenvalue weighted by molar-refractivity contribution is 6.10. The average Bonchev–Trinajstić information content (AvgIpc) is 3.72. The Hall–Kier alpha value is -7.06. The molecule has 0 bridgehead atoms. The molecular weight excluding hydrogens is 921 g/mol. The van der Waals surface area contributed by atoms with Gasteiger partial charge in [0.2, 0.25) is 17.7 Å². The maximum absolute atomic E-state index is 13.5. The minimum Gasteiger partial charge on any atom is -0.494 e. The van der Waals surface area contributed by atoms with Crippen LogP contribution in [-0.4, -0.2) is 122 Å². The van der Waals surface area contributed by atoms with Crippen molar-refractivity contribution in [2.24, 2.45) is 0 Å². The maximum Gasteiger partial charge on any atom is 0.255 e. The van der Waals surface area contributed by atoms with E-state index < -0.39 is 17.5 Å². The first-order valence-corrected chi connectivity index (χ1v) is 24.8. The number of imide groups is 1. The highest BCUT2D eigenvalue weighted by atomic mass is 16.5. The smallest absolute Gasteiger partial charge is 0.255 e. The molecule has 4 heterocycles. The third kappa shape index (κ3) is 14.8. The summed E-state index contributed by atoms with van der Waals surface area (Å²) in [6, 6.07) is 22.6. The number of fused-ring (bicyclic) bond motifs is 1. The van der Waals surface area contributed by atoms with Crippen molar-refractivity contribution in [2.45, 2.75) is 88.9 Å². The summed E-state index contributed by atoms with van der Waals surface area (Å²) in [5.74, 6) is -0.545. The molecule has 2 fully saturated rings. The van der Waals surface area contributed by atoms with Crippen LogP contribution in [0.15, 0.2) is 91.3 Å². The number of benzene rings is 3. The number of hydrogen-bond acceptors (Lipinski definition) is 14. The zero-order chi connectivity index (χ0) is 50.7. The van der Waals surface area contributed by atoms with Crippen molar-refractivity contribution >= 4 is 52.6 Å². The van der Waals surface area contributed by atoms with Crippen LogP contribution in [-0.2, 0) is 35.1 Å². The SMILES string of the molecule is C[C@@H](NC(=O)c1cccc(NC2(C(=N)NC(=N)c3ccncc3)CCNCC2)c1)c1cccc(OCCCCCCOCCOCCOCCC(=O)Nc2cccc3c2CN(C2CCC(=O)NC2=O)C3=O)c1. The van der Waals surface area contributed by atoms with E-state index in [1.165, 1.54) is 4.90 Å². The quantitative estimate of drug-likeness (QED) is 0.0168. The van der Waals surface area contributed by atoms with Crippen LogP contribution < -0.4 is 36.6 Å². The zero-order valence-corrected chi connectivity index (χ0v) is 40.8. The van der Waals surface area contributed by atoms with E-state index >= 15 is 0 Å². The molecule has 3 aromatic carbocycles. The van der Waals surface area contributed by atoms with Crippen LogP contribution in [0.1, 0.15) is 108 Å². The maximum atomic E-state index is 13.5. The number of anilines is 2. The molecule has 0 aliphatic carbocycles. The van der Waals surface area contributed by atoms with Crippen molar-refractivity contribution < 1.29 is 42.9 Å². The number of amidine groups is 2. The molecule has 8 N–H and O–H groups in total. The standard InChI is InChI=1S/C53H66N10O9/c1-36(58-49(66)39-10-6-11-40(33-39)62-53(20-24-57-25-21-53)52(55)61-48(54)37-17-22-56-23-18-37)38-9-7-12-41(34-38)72-27-5-3-2-4-26-69-29-31-71-32-30-70-28-19-47(65)59-44-14-8-13-42-43(44)35-63(51(42)68)45-15-16-46(64)60-50(45)67/h6-14,17-18,22-23,33-34,36,45,57,62H,2-5,15-16,19-21,24-32,35H2,1H3,(H,58,66)(H,59,65)(H3,54,55,61)(H,60,64,67)/t36-,45?/m1/s1. The number of hydrogen-bond donors (Lipinski definition) is 8. The monoisotopic (exact) mass is 987 g/mol. The summed E-state index contributed by atoms with van der Waals surface area (Å²) in [6.45, 7) is 6.54. The Kier molecular flexibility index (Phi) is 19.3. The summed E-state index contributed by atoms with van der Waals surface area (Å²) in [6.07, 6.45) is 8.87. The summed E-state index contributed by atoms with van der Waals surface area (Å²) in [7, 11) is 0. The number of nitrogens with zero attached hydrogens (tertiary/aromatic N) is 2. The molecule has 5 amide bonds. The van der Waals surface area contributed by atoms with E-state index in [4.69, 9.17) is 29.8 Å². The van der Waals surface area contributed by atoms with Gasteiger partial charge in [-0.25, -0.2) is 0 Å². The number of carbonyl (C=O) groups excluding carboxylic acids is 5. The topological polar surface area (TPSA) is 258 Å². The third-order valence-corrected chi connectivity index (χ3v) is 12.9. The van der Waals surface area contributed by atoms with Gasteiger partial charge in [0, 0.05) is 65.6 Å². The number of unbranched alkanes of at least 4 members (excludes halogenated alkanes) is 3. The van der Waals surface area contributed by atoms with Crippen LogP contribution >= 0.6 is 0 Å². The van der Waals surface area contributed by atoms with Crippen molar-refractivity contribution in [2.75, 3.05) is 70.0 Å². The van der Waals surface area contributed by atoms with E-state index in [9.17, 15) is 24.0 Å². The molecule has 2 atom stereocenters. The van der Waals surface area contributed by atoms with Gasteiger partial charge in [-0.3, -0.25) is 45.1 Å². The van der Waals surface area contributed by atoms with Crippen LogP contribution in [0.4, 0.5) is 11.4 Å². The summed E-state index contributed by atoms with van der Waals surface area (Å²) < 4.78 is 23.0. The minimum atomic E-state index is -0.749. The van der Waals surface area contributed by atoms with Crippen molar-refractivity contribution in [1.82, 2.24) is 31.2 Å². The van der Waals surface area contributed by atoms with Gasteiger partial charge in [0.15, 0.2) is 0 Å². The second kappa shape index (κ2) is 26.4. The zero-order valence-electron chi connectivity index (χ0n) is 40.8. The van der Waals surface area contributed by atoms with Crippen molar-refractivity contribution in [1.29, 1.82) is 10.8 Å². The fourth-order valence-electron chi connectivity index (χ4n) is 8.85. The van der Waals surface area contributed by atoms with Gasteiger partial charge in [0.25, 0.3) is 11.8 Å². The highest BCUT2D eigenvalue weighted by Gasteiger charge is 2.40. The van der Waals surface area contributed by atoms with Gasteiger partial charge in [0.05, 0.1) is 57.6 Å². The second-order valence-electron chi connectivity index (χ2n) is 18.0. The summed E-state index contributed by atoms with van der Waals surface area (Å²) in [5.41, 5.74) is 3.61. The molecule has 1 unspecified atom stereocenters. The Labute approximate surface area is 419 Å². The van der Waals surface area contributed by atoms with Crippen LogP contribution in [0, 0.1) is 10.8 Å². The number of amides is 5. The van der Waals surface area contributed by atoms with Gasteiger partial charge in [0.1, 0.15) is 23.5 Å². The summed E-state index contributed by atoms with van der Waals surface area (Å²) in [4.78, 5) is 68.7. The van der Waals surface area contributed by atoms with E-state index in [0.717, 1.165) is 37.0 Å². The summed E-state index contributed by atoms with van der Waals surface area (Å²) >= 11 is 0. The lowest BCUT2D eigenvalue weighted by Gasteiger charge is -2.40. The number of nitrogens with one attached hydrogen (secondary N) is 8. The van der Waals surface area contributed by atoms with Crippen LogP contribution in [0.5, 0.6) is 5.75 Å². The van der Waals surface area contributed by atoms with Gasteiger partial charge in [-0.1, -0.05) is 30.7 Å². The molecular formula is C53H66N10O9. The van der Waals surface area contributed by atoms with Gasteiger partial charge in [-0.2, -0.15) is 0 Å². The Morgan fingerprint density at radius 2 is 1.53 bits per heavy atom. The van der Waals surface area contributed by atoms with E-state index in [1.54, 1.807) is 54.9 Å². The Bertz CT molecular complexity index is 2540. The van der Waals surface area contributed by atoms with E-state index in [0.29, 0.717) is 99.2 Å². The number of aromatic nitrogens is 1. The number of piperidine rings is 2. The number of ether oxygens (including phenoxy) is 4. The molecule has 19 nitrogen and oxygen atoms in total. The highest BCUT2D eigenvalue weighted by Crippen LogP contribution is 2.33. The fraction of sp³-hybridized carbons (Fsp3) is 0.434. The number of rotatable bonds is 26. The van der Waals surface area contributed by atoms with Gasteiger partial charge >= 0.3 is 0 Å². The molecule has 382 valence electrons. The number of pyridine rings is 1. The molecule has 7 rings (SSSR count). The normalized spacial score (nSPS) is 16.5. The van der Waals surface area contributed by atoms with E-state index in [2.05, 4.69) is 36.9 Å². The second-order valence-corrected chi connectivity index (χ2v) is 18.0. The van der Waals surface area contributed by atoms with Crippen molar-refractivity contribution in [3.05, 3.63) is 119 Å². The Morgan fingerprint density at radius 3 is 2.29 bits per heavy atom. The van der Waals surface area contributed by atoms with Crippen molar-refractivity contribution in [3.8, 4) is 5.75 Å². The number of carbonyl (C=O) groups is 5.